The molecule has 4 nitrogen and oxygen atoms in total. The van der Waals surface area contributed by atoms with E-state index in [-0.39, 0.29) is 6.04 Å². The molecule has 1 aliphatic rings. The van der Waals surface area contributed by atoms with Crippen LogP contribution >= 0.6 is 0 Å². The predicted molar refractivity (Wildman–Crippen MR) is 76.9 cm³/mol. The van der Waals surface area contributed by atoms with Gasteiger partial charge in [-0.05, 0) is 38.9 Å². The van der Waals surface area contributed by atoms with Crippen molar-refractivity contribution in [1.29, 1.82) is 0 Å². The van der Waals surface area contributed by atoms with Gasteiger partial charge >= 0.3 is 0 Å². The molecule has 1 aromatic rings. The maximum Gasteiger partial charge on any atom is 0.130 e. The van der Waals surface area contributed by atoms with Crippen molar-refractivity contribution in [2.45, 2.75) is 25.8 Å². The number of methoxy groups -OCH3 is 2. The molecular formula is C15H24N2O2. The van der Waals surface area contributed by atoms with Crippen molar-refractivity contribution >= 4 is 0 Å². The van der Waals surface area contributed by atoms with Gasteiger partial charge in [0.25, 0.3) is 0 Å². The molecule has 1 fully saturated rings. The lowest BCUT2D eigenvalue weighted by molar-refractivity contribution is 0.310. The number of likely N-dealkylation sites (tertiary alicyclic amines) is 1. The van der Waals surface area contributed by atoms with Crippen LogP contribution < -0.4 is 15.2 Å². The number of benzene rings is 1. The molecule has 0 bridgehead atoms. The van der Waals surface area contributed by atoms with Crippen molar-refractivity contribution in [3.63, 3.8) is 0 Å². The molecule has 0 amide bonds. The lowest BCUT2D eigenvalue weighted by Gasteiger charge is -2.23. The van der Waals surface area contributed by atoms with Crippen LogP contribution in [-0.2, 0) is 0 Å². The van der Waals surface area contributed by atoms with Crippen LogP contribution in [0.25, 0.3) is 0 Å². The number of hydrogen-bond acceptors (Lipinski definition) is 4. The third-order valence-corrected chi connectivity index (χ3v) is 3.86. The average molecular weight is 264 g/mol. The van der Waals surface area contributed by atoms with E-state index in [0.29, 0.717) is 0 Å². The largest absolute Gasteiger partial charge is 0.496 e. The summed E-state index contributed by atoms with van der Waals surface area (Å²) in [6.07, 6.45) is 2.57. The first-order valence-electron chi connectivity index (χ1n) is 6.86. The Morgan fingerprint density at radius 2 is 1.89 bits per heavy atom. The fourth-order valence-corrected chi connectivity index (χ4v) is 2.82. The van der Waals surface area contributed by atoms with Gasteiger partial charge in [-0.1, -0.05) is 6.07 Å². The lowest BCUT2D eigenvalue weighted by atomic mass is 10.0. The molecule has 4 heteroatoms. The van der Waals surface area contributed by atoms with Crippen LogP contribution in [0.15, 0.2) is 12.1 Å². The standard InChI is InChI=1S/C15H24N2O2/c1-11-14(18-2)7-6-12(15(11)19-3)13(16)10-17-8-4-5-9-17/h6-7,13H,4-5,8-10,16H2,1-3H3. The van der Waals surface area contributed by atoms with Crippen molar-refractivity contribution in [1.82, 2.24) is 4.90 Å². The summed E-state index contributed by atoms with van der Waals surface area (Å²) in [5, 5.41) is 0. The van der Waals surface area contributed by atoms with E-state index in [1.165, 1.54) is 12.8 Å². The third-order valence-electron chi connectivity index (χ3n) is 3.86. The van der Waals surface area contributed by atoms with Gasteiger partial charge in [-0.3, -0.25) is 0 Å². The normalized spacial score (nSPS) is 17.5. The van der Waals surface area contributed by atoms with E-state index in [4.69, 9.17) is 15.2 Å². The Bertz CT molecular complexity index is 428. The SMILES string of the molecule is COc1ccc(C(N)CN2CCCC2)c(OC)c1C. The van der Waals surface area contributed by atoms with Gasteiger partial charge in [0, 0.05) is 23.7 Å². The zero-order valence-electron chi connectivity index (χ0n) is 12.1. The van der Waals surface area contributed by atoms with E-state index < -0.39 is 0 Å². The quantitative estimate of drug-likeness (QED) is 0.885. The molecule has 2 rings (SSSR count). The van der Waals surface area contributed by atoms with E-state index in [9.17, 15) is 0 Å². The summed E-state index contributed by atoms with van der Waals surface area (Å²) in [5.74, 6) is 1.69. The smallest absolute Gasteiger partial charge is 0.130 e. The van der Waals surface area contributed by atoms with Gasteiger partial charge in [-0.25, -0.2) is 0 Å². The Morgan fingerprint density at radius 1 is 1.21 bits per heavy atom. The predicted octanol–water partition coefficient (Wildman–Crippen LogP) is 2.11. The van der Waals surface area contributed by atoms with Crippen LogP contribution in [0.3, 0.4) is 0 Å². The van der Waals surface area contributed by atoms with Crippen LogP contribution in [0.2, 0.25) is 0 Å². The van der Waals surface area contributed by atoms with Gasteiger partial charge in [0.1, 0.15) is 11.5 Å². The number of nitrogens with zero attached hydrogens (tertiary/aromatic N) is 1. The van der Waals surface area contributed by atoms with Crippen LogP contribution in [0.5, 0.6) is 11.5 Å². The Balaban J connectivity index is 2.20. The molecule has 1 aromatic carbocycles. The summed E-state index contributed by atoms with van der Waals surface area (Å²) < 4.78 is 10.9. The van der Waals surface area contributed by atoms with Gasteiger partial charge in [-0.15, -0.1) is 0 Å². The number of nitrogens with two attached hydrogens (primary N) is 1. The summed E-state index contributed by atoms with van der Waals surface area (Å²) in [7, 11) is 3.36. The van der Waals surface area contributed by atoms with Crippen molar-refractivity contribution < 1.29 is 9.47 Å². The third kappa shape index (κ3) is 3.01. The average Bonchev–Trinajstić information content (AvgIpc) is 2.91. The highest BCUT2D eigenvalue weighted by atomic mass is 16.5. The van der Waals surface area contributed by atoms with Crippen LogP contribution in [0.4, 0.5) is 0 Å². The maximum absolute atomic E-state index is 6.35. The molecule has 0 spiro atoms. The van der Waals surface area contributed by atoms with Gasteiger partial charge < -0.3 is 20.1 Å². The second kappa shape index (κ2) is 6.26. The molecular weight excluding hydrogens is 240 g/mol. The highest BCUT2D eigenvalue weighted by Crippen LogP contribution is 2.34. The van der Waals surface area contributed by atoms with Crippen molar-refractivity contribution in [3.05, 3.63) is 23.3 Å². The minimum Gasteiger partial charge on any atom is -0.496 e. The molecule has 1 aliphatic heterocycles. The molecule has 1 atom stereocenters. The number of hydrogen-bond donors (Lipinski definition) is 1. The van der Waals surface area contributed by atoms with Crippen LogP contribution in [0, 0.1) is 6.92 Å². The van der Waals surface area contributed by atoms with Crippen LogP contribution in [-0.4, -0.2) is 38.8 Å². The minimum absolute atomic E-state index is 0.0161. The molecule has 0 saturated carbocycles. The molecule has 0 aliphatic carbocycles. The van der Waals surface area contributed by atoms with Crippen molar-refractivity contribution in [3.8, 4) is 11.5 Å². The summed E-state index contributed by atoms with van der Waals surface area (Å²) in [6, 6.07) is 3.97. The Morgan fingerprint density at radius 3 is 2.47 bits per heavy atom. The minimum atomic E-state index is -0.0161. The molecule has 1 unspecified atom stereocenters. The van der Waals surface area contributed by atoms with Crippen LogP contribution in [0.1, 0.15) is 30.0 Å². The Kier molecular flexibility index (Phi) is 4.66. The Labute approximate surface area is 115 Å². The van der Waals surface area contributed by atoms with Gasteiger partial charge in [0.15, 0.2) is 0 Å². The van der Waals surface area contributed by atoms with E-state index in [2.05, 4.69) is 4.90 Å². The van der Waals surface area contributed by atoms with Gasteiger partial charge in [0.2, 0.25) is 0 Å². The number of rotatable bonds is 5. The Hall–Kier alpha value is -1.26. The molecule has 19 heavy (non-hydrogen) atoms. The molecule has 0 radical (unpaired) electrons. The molecule has 106 valence electrons. The van der Waals surface area contributed by atoms with E-state index in [1.807, 2.05) is 19.1 Å². The monoisotopic (exact) mass is 264 g/mol. The molecule has 0 aromatic heterocycles. The molecule has 1 saturated heterocycles. The number of ether oxygens (including phenoxy) is 2. The van der Waals surface area contributed by atoms with Crippen molar-refractivity contribution in [2.24, 2.45) is 5.73 Å². The summed E-state index contributed by atoms with van der Waals surface area (Å²) in [5.41, 5.74) is 8.43. The summed E-state index contributed by atoms with van der Waals surface area (Å²) >= 11 is 0. The first-order chi connectivity index (χ1) is 9.17. The molecule has 2 N–H and O–H groups in total. The fourth-order valence-electron chi connectivity index (χ4n) is 2.82. The highest BCUT2D eigenvalue weighted by molar-refractivity contribution is 5.50. The van der Waals surface area contributed by atoms with E-state index in [1.54, 1.807) is 14.2 Å². The first kappa shape index (κ1) is 14.2. The zero-order chi connectivity index (χ0) is 13.8. The zero-order valence-corrected chi connectivity index (χ0v) is 12.1. The topological polar surface area (TPSA) is 47.7 Å². The maximum atomic E-state index is 6.35. The lowest BCUT2D eigenvalue weighted by Crippen LogP contribution is -2.30. The second-order valence-electron chi connectivity index (χ2n) is 5.13. The summed E-state index contributed by atoms with van der Waals surface area (Å²) in [6.45, 7) is 5.21. The van der Waals surface area contributed by atoms with Gasteiger partial charge in [-0.2, -0.15) is 0 Å². The summed E-state index contributed by atoms with van der Waals surface area (Å²) in [4.78, 5) is 2.42. The second-order valence-corrected chi connectivity index (χ2v) is 5.13. The van der Waals surface area contributed by atoms with E-state index >= 15 is 0 Å². The van der Waals surface area contributed by atoms with Gasteiger partial charge in [0.05, 0.1) is 14.2 Å². The molecule has 1 heterocycles. The first-order valence-corrected chi connectivity index (χ1v) is 6.86. The fraction of sp³-hybridized carbons (Fsp3) is 0.600. The van der Waals surface area contributed by atoms with E-state index in [0.717, 1.165) is 42.3 Å². The highest BCUT2D eigenvalue weighted by Gasteiger charge is 2.20. The van der Waals surface area contributed by atoms with Crippen molar-refractivity contribution in [2.75, 3.05) is 33.9 Å².